The van der Waals surface area contributed by atoms with Gasteiger partial charge in [0.2, 0.25) is 0 Å². The molecule has 5 rings (SSSR count). The van der Waals surface area contributed by atoms with Crippen molar-refractivity contribution in [1.82, 2.24) is 24.4 Å². The van der Waals surface area contributed by atoms with Crippen LogP contribution in [0.15, 0.2) is 24.7 Å². The molecule has 2 fully saturated rings. The lowest BCUT2D eigenvalue weighted by Crippen LogP contribution is -2.22. The fourth-order valence-electron chi connectivity index (χ4n) is 4.53. The van der Waals surface area contributed by atoms with Crippen LogP contribution in [0.1, 0.15) is 67.0 Å². The van der Waals surface area contributed by atoms with Crippen molar-refractivity contribution in [2.75, 3.05) is 23.3 Å². The molecular formula is C21H25F2N7O2. The summed E-state index contributed by atoms with van der Waals surface area (Å²) in [7, 11) is 0. The number of carbonyl (C=O) groups excluding carboxylic acids is 1. The van der Waals surface area contributed by atoms with Gasteiger partial charge >= 0.3 is 0 Å². The molecule has 1 atom stereocenters. The van der Waals surface area contributed by atoms with Gasteiger partial charge in [-0.25, -0.2) is 18.3 Å². The summed E-state index contributed by atoms with van der Waals surface area (Å²) in [4.78, 5) is 19.5. The Kier molecular flexibility index (Phi) is 5.50. The average Bonchev–Trinajstić information content (AvgIpc) is 3.52. The van der Waals surface area contributed by atoms with Gasteiger partial charge in [0.1, 0.15) is 11.4 Å². The first-order valence-corrected chi connectivity index (χ1v) is 11.0. The van der Waals surface area contributed by atoms with E-state index in [2.05, 4.69) is 20.5 Å². The number of nitrogens with zero attached hydrogens (tertiary/aromatic N) is 6. The number of alkyl halides is 2. The summed E-state index contributed by atoms with van der Waals surface area (Å²) >= 11 is 0. The van der Waals surface area contributed by atoms with Crippen molar-refractivity contribution in [2.24, 2.45) is 0 Å². The van der Waals surface area contributed by atoms with Crippen LogP contribution in [0.4, 0.5) is 20.3 Å². The maximum Gasteiger partial charge on any atom is 0.284 e. The largest absolute Gasteiger partial charge is 0.391 e. The van der Waals surface area contributed by atoms with Gasteiger partial charge in [-0.05, 0) is 25.3 Å². The Hall–Kier alpha value is -3.08. The molecule has 1 amide bonds. The van der Waals surface area contributed by atoms with Crippen molar-refractivity contribution < 1.29 is 18.7 Å². The number of nitrogens with one attached hydrogen (secondary N) is 1. The molecule has 4 heterocycles. The first kappa shape index (κ1) is 20.8. The molecular weight excluding hydrogens is 420 g/mol. The van der Waals surface area contributed by atoms with E-state index in [9.17, 15) is 18.7 Å². The topological polar surface area (TPSA) is 101 Å². The van der Waals surface area contributed by atoms with E-state index in [0.717, 1.165) is 32.1 Å². The van der Waals surface area contributed by atoms with Gasteiger partial charge in [0.05, 0.1) is 24.0 Å². The number of amides is 1. The Morgan fingerprint density at radius 2 is 2.03 bits per heavy atom. The molecule has 32 heavy (non-hydrogen) atoms. The van der Waals surface area contributed by atoms with Crippen molar-refractivity contribution in [3.05, 3.63) is 35.9 Å². The molecule has 0 bridgehead atoms. The molecule has 9 nitrogen and oxygen atoms in total. The SMILES string of the molecule is O=C(Nc1cn(C2CCCCC2)nc1C(F)F)c1cnn2ccc(N3CCC(O)C3)nc12. The summed E-state index contributed by atoms with van der Waals surface area (Å²) in [6.45, 7) is 1.13. The van der Waals surface area contributed by atoms with Gasteiger partial charge in [0.15, 0.2) is 11.3 Å². The number of rotatable bonds is 5. The van der Waals surface area contributed by atoms with Crippen LogP contribution in [0, 0.1) is 0 Å². The van der Waals surface area contributed by atoms with Gasteiger partial charge in [0.25, 0.3) is 12.3 Å². The molecule has 0 radical (unpaired) electrons. The number of carbonyl (C=O) groups is 1. The molecule has 11 heteroatoms. The summed E-state index contributed by atoms with van der Waals surface area (Å²) in [6.07, 6.45) is 7.02. The van der Waals surface area contributed by atoms with E-state index in [-0.39, 0.29) is 17.3 Å². The Labute approximate surface area is 183 Å². The van der Waals surface area contributed by atoms with Crippen LogP contribution in [0.2, 0.25) is 0 Å². The van der Waals surface area contributed by atoms with Crippen LogP contribution in [0.5, 0.6) is 0 Å². The highest BCUT2D eigenvalue weighted by Gasteiger charge is 2.26. The molecule has 1 aliphatic carbocycles. The van der Waals surface area contributed by atoms with Crippen LogP contribution < -0.4 is 10.2 Å². The maximum absolute atomic E-state index is 13.6. The third-order valence-corrected chi connectivity index (χ3v) is 6.25. The van der Waals surface area contributed by atoms with E-state index < -0.39 is 24.1 Å². The molecule has 2 aliphatic rings. The van der Waals surface area contributed by atoms with E-state index in [4.69, 9.17) is 0 Å². The van der Waals surface area contributed by atoms with Crippen LogP contribution in [-0.4, -0.2) is 54.6 Å². The minimum absolute atomic E-state index is 0.00810. The third-order valence-electron chi connectivity index (χ3n) is 6.25. The molecule has 1 saturated carbocycles. The second-order valence-electron chi connectivity index (χ2n) is 8.46. The zero-order valence-electron chi connectivity index (χ0n) is 17.5. The monoisotopic (exact) mass is 445 g/mol. The molecule has 3 aromatic rings. The molecule has 170 valence electrons. The van der Waals surface area contributed by atoms with Crippen LogP contribution in [0.25, 0.3) is 5.65 Å². The Balaban J connectivity index is 1.41. The standard InChI is InChI=1S/C21H25F2N7O2/c22-19(23)18-16(12-30(27-18)13-4-2-1-3-5-13)25-21(32)15-10-24-29-9-7-17(26-20(15)29)28-8-6-14(31)11-28/h7,9-10,12-14,19,31H,1-6,8,11H2,(H,25,32). The predicted molar refractivity (Wildman–Crippen MR) is 113 cm³/mol. The van der Waals surface area contributed by atoms with Crippen LogP contribution in [0.3, 0.4) is 0 Å². The highest BCUT2D eigenvalue weighted by atomic mass is 19.3. The first-order chi connectivity index (χ1) is 15.5. The summed E-state index contributed by atoms with van der Waals surface area (Å²) in [6, 6.07) is 1.84. The number of hydrogen-bond donors (Lipinski definition) is 2. The smallest absolute Gasteiger partial charge is 0.284 e. The van der Waals surface area contributed by atoms with Crippen LogP contribution in [-0.2, 0) is 0 Å². The summed E-state index contributed by atoms with van der Waals surface area (Å²) < 4.78 is 30.3. The number of halogens is 2. The predicted octanol–water partition coefficient (Wildman–Crippen LogP) is 3.19. The second kappa shape index (κ2) is 8.45. The number of hydrogen-bond acceptors (Lipinski definition) is 6. The lowest BCUT2D eigenvalue weighted by molar-refractivity contribution is 0.102. The number of aliphatic hydroxyl groups is 1. The van der Waals surface area contributed by atoms with E-state index >= 15 is 0 Å². The summed E-state index contributed by atoms with van der Waals surface area (Å²) in [5.74, 6) is 0.0539. The fraction of sp³-hybridized carbons (Fsp3) is 0.524. The van der Waals surface area contributed by atoms with Crippen molar-refractivity contribution in [3.8, 4) is 0 Å². The zero-order valence-corrected chi connectivity index (χ0v) is 17.5. The average molecular weight is 445 g/mol. The molecule has 1 aliphatic heterocycles. The van der Waals surface area contributed by atoms with Crippen molar-refractivity contribution >= 4 is 23.1 Å². The summed E-state index contributed by atoms with van der Waals surface area (Å²) in [5, 5.41) is 20.6. The molecule has 3 aromatic heterocycles. The van der Waals surface area contributed by atoms with E-state index in [1.165, 1.54) is 16.9 Å². The second-order valence-corrected chi connectivity index (χ2v) is 8.46. The first-order valence-electron chi connectivity index (χ1n) is 11.0. The molecule has 0 spiro atoms. The van der Waals surface area contributed by atoms with Crippen molar-refractivity contribution in [3.63, 3.8) is 0 Å². The summed E-state index contributed by atoms with van der Waals surface area (Å²) in [5.41, 5.74) is 0.0748. The van der Waals surface area contributed by atoms with Gasteiger partial charge in [0, 0.05) is 25.5 Å². The Morgan fingerprint density at radius 1 is 1.22 bits per heavy atom. The van der Waals surface area contributed by atoms with Crippen molar-refractivity contribution in [2.45, 2.75) is 57.1 Å². The lowest BCUT2D eigenvalue weighted by atomic mass is 9.96. The van der Waals surface area contributed by atoms with Gasteiger partial charge in [-0.3, -0.25) is 9.48 Å². The minimum Gasteiger partial charge on any atom is -0.391 e. The molecule has 1 saturated heterocycles. The van der Waals surface area contributed by atoms with Gasteiger partial charge in [-0.15, -0.1) is 0 Å². The minimum atomic E-state index is -2.80. The quantitative estimate of drug-likeness (QED) is 0.626. The number of β-amino-alcohol motifs (C(OH)–C–C–N with tert-alkyl or cyclic N) is 1. The van der Waals surface area contributed by atoms with E-state index in [1.807, 2.05) is 4.90 Å². The fourth-order valence-corrected chi connectivity index (χ4v) is 4.53. The van der Waals surface area contributed by atoms with Gasteiger partial charge in [-0.2, -0.15) is 10.2 Å². The Bertz CT molecular complexity index is 1120. The number of aliphatic hydroxyl groups excluding tert-OH is 1. The number of fused-ring (bicyclic) bond motifs is 1. The Morgan fingerprint density at radius 3 is 2.75 bits per heavy atom. The molecule has 2 N–H and O–H groups in total. The van der Waals surface area contributed by atoms with Gasteiger partial charge in [-0.1, -0.05) is 19.3 Å². The van der Waals surface area contributed by atoms with Crippen LogP contribution >= 0.6 is 0 Å². The van der Waals surface area contributed by atoms with Gasteiger partial charge < -0.3 is 15.3 Å². The normalized spacial score (nSPS) is 19.9. The van der Waals surface area contributed by atoms with E-state index in [1.54, 1.807) is 16.9 Å². The lowest BCUT2D eigenvalue weighted by Gasteiger charge is -2.21. The zero-order chi connectivity index (χ0) is 22.2. The van der Waals surface area contributed by atoms with E-state index in [0.29, 0.717) is 31.0 Å². The molecule has 1 unspecified atom stereocenters. The number of anilines is 2. The number of aromatic nitrogens is 5. The van der Waals surface area contributed by atoms with Crippen molar-refractivity contribution in [1.29, 1.82) is 0 Å². The highest BCUT2D eigenvalue weighted by Crippen LogP contribution is 2.32. The molecule has 0 aromatic carbocycles. The third kappa shape index (κ3) is 3.92. The highest BCUT2D eigenvalue weighted by molar-refractivity contribution is 6.08. The maximum atomic E-state index is 13.6.